The van der Waals surface area contributed by atoms with Gasteiger partial charge in [-0.25, -0.2) is 9.18 Å². The Labute approximate surface area is 108 Å². The summed E-state index contributed by atoms with van der Waals surface area (Å²) in [6.45, 7) is 0. The van der Waals surface area contributed by atoms with Crippen LogP contribution >= 0.6 is 0 Å². The fourth-order valence-corrected chi connectivity index (χ4v) is 1.54. The molecule has 0 saturated carbocycles. The standard InChI is InChI=1S/C12H13FO6/c1-19-10(15)5-9(14)11(16)7-3-2-6(13)4-8(7)12(17)18/h2-4,9,11,14,16H,5H2,1H3,(H,17,18). The summed E-state index contributed by atoms with van der Waals surface area (Å²) >= 11 is 0. The Balaban J connectivity index is 3.01. The van der Waals surface area contributed by atoms with Crippen LogP contribution in [0.3, 0.4) is 0 Å². The normalized spacial score (nSPS) is 13.7. The lowest BCUT2D eigenvalue weighted by Gasteiger charge is -2.18. The summed E-state index contributed by atoms with van der Waals surface area (Å²) in [6, 6.07) is 2.73. The van der Waals surface area contributed by atoms with Gasteiger partial charge in [-0.2, -0.15) is 0 Å². The van der Waals surface area contributed by atoms with Crippen molar-refractivity contribution in [1.29, 1.82) is 0 Å². The number of halogens is 1. The number of hydrogen-bond donors (Lipinski definition) is 3. The van der Waals surface area contributed by atoms with Crippen LogP contribution < -0.4 is 0 Å². The number of ether oxygens (including phenoxy) is 1. The maximum absolute atomic E-state index is 13.0. The highest BCUT2D eigenvalue weighted by atomic mass is 19.1. The molecule has 1 rings (SSSR count). The molecular formula is C12H13FO6. The molecule has 0 fully saturated rings. The van der Waals surface area contributed by atoms with Crippen molar-refractivity contribution in [3.63, 3.8) is 0 Å². The quantitative estimate of drug-likeness (QED) is 0.673. The smallest absolute Gasteiger partial charge is 0.336 e. The Morgan fingerprint density at radius 1 is 1.37 bits per heavy atom. The molecule has 7 heteroatoms. The first-order chi connectivity index (χ1) is 8.86. The third-order valence-electron chi connectivity index (χ3n) is 2.53. The van der Waals surface area contributed by atoms with Gasteiger partial charge in [0.2, 0.25) is 0 Å². The van der Waals surface area contributed by atoms with Gasteiger partial charge in [0.25, 0.3) is 0 Å². The molecule has 19 heavy (non-hydrogen) atoms. The summed E-state index contributed by atoms with van der Waals surface area (Å²) in [5.74, 6) is -2.99. The van der Waals surface area contributed by atoms with Crippen LogP contribution in [-0.2, 0) is 9.53 Å². The molecule has 0 saturated heterocycles. The molecule has 1 aromatic carbocycles. The first-order valence-corrected chi connectivity index (χ1v) is 5.32. The van der Waals surface area contributed by atoms with Crippen molar-refractivity contribution in [1.82, 2.24) is 0 Å². The summed E-state index contributed by atoms with van der Waals surface area (Å²) in [5.41, 5.74) is -0.651. The van der Waals surface area contributed by atoms with Gasteiger partial charge in [0.1, 0.15) is 11.9 Å². The first kappa shape index (κ1) is 15.1. The highest BCUT2D eigenvalue weighted by Gasteiger charge is 2.26. The lowest BCUT2D eigenvalue weighted by molar-refractivity contribution is -0.144. The molecule has 0 spiro atoms. The monoisotopic (exact) mass is 272 g/mol. The summed E-state index contributed by atoms with van der Waals surface area (Å²) < 4.78 is 17.3. The summed E-state index contributed by atoms with van der Waals surface area (Å²) in [5, 5.41) is 28.3. The molecule has 0 aromatic heterocycles. The predicted molar refractivity (Wildman–Crippen MR) is 61.0 cm³/mol. The van der Waals surface area contributed by atoms with Crippen LogP contribution in [0.2, 0.25) is 0 Å². The molecule has 0 aliphatic heterocycles. The van der Waals surface area contributed by atoms with Crippen LogP contribution in [0.15, 0.2) is 18.2 Å². The largest absolute Gasteiger partial charge is 0.478 e. The SMILES string of the molecule is COC(=O)CC(O)C(O)c1ccc(F)cc1C(=O)O. The Bertz CT molecular complexity index is 487. The van der Waals surface area contributed by atoms with Crippen molar-refractivity contribution < 1.29 is 34.0 Å². The molecule has 0 radical (unpaired) electrons. The number of benzene rings is 1. The van der Waals surface area contributed by atoms with Crippen molar-refractivity contribution in [2.45, 2.75) is 18.6 Å². The van der Waals surface area contributed by atoms with E-state index in [9.17, 15) is 24.2 Å². The lowest BCUT2D eigenvalue weighted by atomic mass is 9.97. The predicted octanol–water partition coefficient (Wildman–Crippen LogP) is 0.481. The number of methoxy groups -OCH3 is 1. The molecule has 104 valence electrons. The van der Waals surface area contributed by atoms with Crippen molar-refractivity contribution in [2.24, 2.45) is 0 Å². The summed E-state index contributed by atoms with van der Waals surface area (Å²) in [6.07, 6.45) is -3.68. The molecule has 2 atom stereocenters. The van der Waals surface area contributed by atoms with Crippen molar-refractivity contribution in [2.75, 3.05) is 7.11 Å². The zero-order valence-electron chi connectivity index (χ0n) is 10.0. The number of carboxylic acids is 1. The number of aliphatic hydroxyl groups is 2. The van der Waals surface area contributed by atoms with Crippen LogP contribution in [0.5, 0.6) is 0 Å². The number of hydrogen-bond acceptors (Lipinski definition) is 5. The fourth-order valence-electron chi connectivity index (χ4n) is 1.54. The van der Waals surface area contributed by atoms with E-state index in [1.807, 2.05) is 0 Å². The zero-order valence-corrected chi connectivity index (χ0v) is 10.0. The molecule has 0 amide bonds. The van der Waals surface area contributed by atoms with E-state index in [4.69, 9.17) is 5.11 Å². The van der Waals surface area contributed by atoms with E-state index in [0.717, 1.165) is 25.3 Å². The minimum atomic E-state index is -1.63. The first-order valence-electron chi connectivity index (χ1n) is 5.32. The van der Waals surface area contributed by atoms with E-state index < -0.39 is 41.9 Å². The van der Waals surface area contributed by atoms with Gasteiger partial charge in [0, 0.05) is 0 Å². The van der Waals surface area contributed by atoms with E-state index in [1.54, 1.807) is 0 Å². The topological polar surface area (TPSA) is 104 Å². The number of carbonyl (C=O) groups excluding carboxylic acids is 1. The minimum Gasteiger partial charge on any atom is -0.478 e. The van der Waals surface area contributed by atoms with Crippen LogP contribution in [0.4, 0.5) is 4.39 Å². The van der Waals surface area contributed by atoms with E-state index in [2.05, 4.69) is 4.74 Å². The fraction of sp³-hybridized carbons (Fsp3) is 0.333. The van der Waals surface area contributed by atoms with Crippen LogP contribution in [0, 0.1) is 5.82 Å². The molecule has 0 aliphatic rings. The molecule has 0 bridgehead atoms. The van der Waals surface area contributed by atoms with Gasteiger partial charge in [-0.15, -0.1) is 0 Å². The Hall–Kier alpha value is -1.99. The van der Waals surface area contributed by atoms with Gasteiger partial charge in [0.15, 0.2) is 0 Å². The average molecular weight is 272 g/mol. The van der Waals surface area contributed by atoms with Crippen LogP contribution in [0.1, 0.15) is 28.4 Å². The van der Waals surface area contributed by atoms with E-state index in [1.165, 1.54) is 0 Å². The Morgan fingerprint density at radius 2 is 2.00 bits per heavy atom. The van der Waals surface area contributed by atoms with Crippen LogP contribution in [0.25, 0.3) is 0 Å². The molecule has 3 N–H and O–H groups in total. The molecule has 0 aliphatic carbocycles. The molecule has 2 unspecified atom stereocenters. The third kappa shape index (κ3) is 3.73. The molecule has 1 aromatic rings. The second-order valence-electron chi connectivity index (χ2n) is 3.83. The van der Waals surface area contributed by atoms with E-state index in [0.29, 0.717) is 0 Å². The highest BCUT2D eigenvalue weighted by molar-refractivity contribution is 5.89. The average Bonchev–Trinajstić information content (AvgIpc) is 2.37. The van der Waals surface area contributed by atoms with Gasteiger partial charge in [-0.05, 0) is 17.7 Å². The maximum atomic E-state index is 13.0. The summed E-state index contributed by atoms with van der Waals surface area (Å²) in [7, 11) is 1.11. The number of aliphatic hydroxyl groups excluding tert-OH is 2. The van der Waals surface area contributed by atoms with Gasteiger partial charge >= 0.3 is 11.9 Å². The number of rotatable bonds is 5. The highest BCUT2D eigenvalue weighted by Crippen LogP contribution is 2.24. The van der Waals surface area contributed by atoms with Crippen molar-refractivity contribution in [3.05, 3.63) is 35.1 Å². The van der Waals surface area contributed by atoms with Crippen molar-refractivity contribution >= 4 is 11.9 Å². The van der Waals surface area contributed by atoms with E-state index in [-0.39, 0.29) is 5.56 Å². The van der Waals surface area contributed by atoms with Gasteiger partial charge in [0.05, 0.1) is 25.2 Å². The molecular weight excluding hydrogens is 259 g/mol. The molecule has 6 nitrogen and oxygen atoms in total. The number of aromatic carboxylic acids is 1. The van der Waals surface area contributed by atoms with Crippen LogP contribution in [-0.4, -0.2) is 40.5 Å². The maximum Gasteiger partial charge on any atom is 0.336 e. The second-order valence-corrected chi connectivity index (χ2v) is 3.83. The zero-order chi connectivity index (χ0) is 14.6. The number of carboxylic acid groups (broad SMARTS) is 1. The third-order valence-corrected chi connectivity index (χ3v) is 2.53. The second kappa shape index (κ2) is 6.26. The number of esters is 1. The Morgan fingerprint density at radius 3 is 2.53 bits per heavy atom. The minimum absolute atomic E-state index is 0.176. The van der Waals surface area contributed by atoms with Gasteiger partial charge < -0.3 is 20.1 Å². The van der Waals surface area contributed by atoms with E-state index >= 15 is 0 Å². The van der Waals surface area contributed by atoms with Gasteiger partial charge in [-0.1, -0.05) is 6.07 Å². The lowest BCUT2D eigenvalue weighted by Crippen LogP contribution is -2.24. The van der Waals surface area contributed by atoms with Gasteiger partial charge in [-0.3, -0.25) is 4.79 Å². The van der Waals surface area contributed by atoms with Crippen molar-refractivity contribution in [3.8, 4) is 0 Å². The molecule has 0 heterocycles. The Kier molecular flexibility index (Phi) is 4.96. The number of carbonyl (C=O) groups is 2. The summed E-state index contributed by atoms with van der Waals surface area (Å²) in [4.78, 5) is 21.9.